The molecule has 0 rings (SSSR count). The van der Waals surface area contributed by atoms with Crippen LogP contribution in [0.5, 0.6) is 0 Å². The van der Waals surface area contributed by atoms with Crippen molar-refractivity contribution in [1.29, 1.82) is 0 Å². The summed E-state index contributed by atoms with van der Waals surface area (Å²) in [5.41, 5.74) is 0. The van der Waals surface area contributed by atoms with E-state index in [1.165, 1.54) is 0 Å². The van der Waals surface area contributed by atoms with Gasteiger partial charge in [0.15, 0.2) is 7.85 Å². The van der Waals surface area contributed by atoms with Crippen molar-refractivity contribution in [2.45, 2.75) is 0 Å². The van der Waals surface area contributed by atoms with E-state index in [0.29, 0.717) is 0 Å². The van der Waals surface area contributed by atoms with Crippen LogP contribution in [-0.2, 0) is 0 Å². The Kier molecular flexibility index (Phi) is 11.2. The van der Waals surface area contributed by atoms with E-state index in [1.807, 2.05) is 0 Å². The molecule has 0 fully saturated rings. The van der Waals surface area contributed by atoms with Gasteiger partial charge in [-0.2, -0.15) is 5.82 Å². The first-order valence-electron chi connectivity index (χ1n) is 4.79. The van der Waals surface area contributed by atoms with Gasteiger partial charge < -0.3 is 0 Å². The Labute approximate surface area is 115 Å². The molecule has 19 heavy (non-hydrogen) atoms. The molecular formula is C18H3B. The van der Waals surface area contributed by atoms with Crippen molar-refractivity contribution in [2.24, 2.45) is 0 Å². The van der Waals surface area contributed by atoms with E-state index in [9.17, 15) is 0 Å². The Morgan fingerprint density at radius 1 is 0.421 bits per heavy atom. The van der Waals surface area contributed by atoms with Gasteiger partial charge in [0, 0.05) is 0 Å². The predicted octanol–water partition coefficient (Wildman–Crippen LogP) is -0.763. The van der Waals surface area contributed by atoms with E-state index in [1.54, 1.807) is 7.85 Å². The molecule has 0 saturated heterocycles. The van der Waals surface area contributed by atoms with Gasteiger partial charge in [-0.3, -0.25) is 0 Å². The monoisotopic (exact) mass is 230 g/mol. The minimum absolute atomic E-state index is 1.70. The van der Waals surface area contributed by atoms with Gasteiger partial charge in [0.25, 0.3) is 0 Å². The van der Waals surface area contributed by atoms with Gasteiger partial charge >= 0.3 is 0 Å². The molecular weight excluding hydrogens is 227 g/mol. The summed E-state index contributed by atoms with van der Waals surface area (Å²) >= 11 is 0. The molecule has 0 N–H and O–H groups in total. The molecule has 0 radical (unpaired) electrons. The molecule has 1 heteroatoms. The average Bonchev–Trinajstić information content (AvgIpc) is 2.43. The van der Waals surface area contributed by atoms with Crippen molar-refractivity contribution in [3.8, 4) is 107 Å². The Hall–Kier alpha value is -3.90. The Balaban J connectivity index is 4.32. The van der Waals surface area contributed by atoms with E-state index >= 15 is 0 Å². The molecule has 0 unspecified atom stereocenters. The summed E-state index contributed by atoms with van der Waals surface area (Å²) in [6, 6.07) is 0. The third-order valence-electron chi connectivity index (χ3n) is 1.07. The lowest BCUT2D eigenvalue weighted by Crippen LogP contribution is -1.56. The van der Waals surface area contributed by atoms with Crippen molar-refractivity contribution in [1.82, 2.24) is 0 Å². The third kappa shape index (κ3) is 14.1. The minimum atomic E-state index is 1.70. The van der Waals surface area contributed by atoms with E-state index in [2.05, 4.69) is 101 Å². The molecule has 0 aromatic rings. The molecule has 0 aliphatic carbocycles. The Morgan fingerprint density at radius 3 is 0.947 bits per heavy atom. The SMILES string of the molecule is BC#CC#CC#CC#CC#CC#CC#CC#CC#C. The zero-order valence-corrected chi connectivity index (χ0v) is 10.1. The fourth-order valence-electron chi connectivity index (χ4n) is 0.505. The van der Waals surface area contributed by atoms with Crippen LogP contribution in [0.15, 0.2) is 0 Å². The van der Waals surface area contributed by atoms with Gasteiger partial charge in [-0.05, 0) is 94.7 Å². The smallest absolute Gasteiger partial charge is 0.151 e. The molecule has 0 nitrogen and oxygen atoms in total. The average molecular weight is 230 g/mol. The molecule has 0 aromatic carbocycles. The predicted molar refractivity (Wildman–Crippen MR) is 79.6 cm³/mol. The topological polar surface area (TPSA) is 0 Å². The second-order valence-electron chi connectivity index (χ2n) is 2.27. The molecule has 0 aromatic heterocycles. The number of hydrogen-bond acceptors (Lipinski definition) is 0. The van der Waals surface area contributed by atoms with E-state index in [-0.39, 0.29) is 0 Å². The summed E-state index contributed by atoms with van der Waals surface area (Å²) in [5, 5.41) is 0. The molecule has 0 aliphatic rings. The lowest BCUT2D eigenvalue weighted by molar-refractivity contribution is 2.33. The van der Waals surface area contributed by atoms with Gasteiger partial charge in [-0.15, -0.1) is 6.42 Å². The molecule has 0 amide bonds. The molecule has 0 atom stereocenters. The van der Waals surface area contributed by atoms with E-state index < -0.39 is 0 Å². The van der Waals surface area contributed by atoms with Gasteiger partial charge in [0.2, 0.25) is 0 Å². The van der Waals surface area contributed by atoms with Gasteiger partial charge in [-0.1, -0.05) is 0 Å². The summed E-state index contributed by atoms with van der Waals surface area (Å²) < 4.78 is 0. The Bertz CT molecular complexity index is 863. The van der Waals surface area contributed by atoms with Crippen LogP contribution in [0.3, 0.4) is 0 Å². The van der Waals surface area contributed by atoms with Crippen molar-refractivity contribution in [2.75, 3.05) is 0 Å². The maximum absolute atomic E-state index is 4.89. The van der Waals surface area contributed by atoms with Crippen LogP contribution >= 0.6 is 0 Å². The largest absolute Gasteiger partial charge is 0.196 e. The van der Waals surface area contributed by atoms with Crippen molar-refractivity contribution in [3.05, 3.63) is 0 Å². The summed E-state index contributed by atoms with van der Waals surface area (Å²) in [6.45, 7) is 0. The van der Waals surface area contributed by atoms with E-state index in [0.717, 1.165) is 0 Å². The normalized spacial score (nSPS) is 3.74. The lowest BCUT2D eigenvalue weighted by Gasteiger charge is -1.56. The van der Waals surface area contributed by atoms with Crippen LogP contribution in [0.4, 0.5) is 0 Å². The molecule has 78 valence electrons. The zero-order valence-electron chi connectivity index (χ0n) is 10.1. The van der Waals surface area contributed by atoms with Gasteiger partial charge in [0.05, 0.1) is 0 Å². The summed E-state index contributed by atoms with van der Waals surface area (Å²) in [7, 11) is 1.70. The summed E-state index contributed by atoms with van der Waals surface area (Å²) in [4.78, 5) is 0. The fraction of sp³-hybridized carbons (Fsp3) is 0. The minimum Gasteiger partial charge on any atom is -0.151 e. The quantitative estimate of drug-likeness (QED) is 0.379. The van der Waals surface area contributed by atoms with Gasteiger partial charge in [-0.25, -0.2) is 0 Å². The fourth-order valence-corrected chi connectivity index (χ4v) is 0.505. The molecule has 0 spiro atoms. The summed E-state index contributed by atoms with van der Waals surface area (Å²) in [6.07, 6.45) is 4.89. The second kappa shape index (κ2) is 14.1. The maximum Gasteiger partial charge on any atom is 0.196 e. The summed E-state index contributed by atoms with van der Waals surface area (Å²) in [5.74, 6) is 41.9. The maximum atomic E-state index is 4.89. The first-order chi connectivity index (χ1) is 9.41. The van der Waals surface area contributed by atoms with Crippen LogP contribution in [0, 0.1) is 107 Å². The second-order valence-corrected chi connectivity index (χ2v) is 2.27. The molecule has 0 saturated carbocycles. The van der Waals surface area contributed by atoms with Crippen molar-refractivity contribution < 1.29 is 0 Å². The van der Waals surface area contributed by atoms with Crippen LogP contribution in [0.25, 0.3) is 0 Å². The number of terminal acetylenes is 1. The van der Waals surface area contributed by atoms with Crippen molar-refractivity contribution in [3.63, 3.8) is 0 Å². The van der Waals surface area contributed by atoms with Crippen molar-refractivity contribution >= 4 is 7.85 Å². The molecule has 0 bridgehead atoms. The highest BCUT2D eigenvalue weighted by Crippen LogP contribution is 1.57. The highest BCUT2D eigenvalue weighted by molar-refractivity contribution is 6.22. The van der Waals surface area contributed by atoms with Crippen LogP contribution < -0.4 is 0 Å². The number of rotatable bonds is 0. The number of hydrogen-bond donors (Lipinski definition) is 0. The van der Waals surface area contributed by atoms with Crippen LogP contribution in [0.1, 0.15) is 0 Å². The Morgan fingerprint density at radius 2 is 0.684 bits per heavy atom. The van der Waals surface area contributed by atoms with Crippen LogP contribution in [-0.4, -0.2) is 7.85 Å². The lowest BCUT2D eigenvalue weighted by atomic mass is 10.2. The first kappa shape index (κ1) is 15.1. The first-order valence-corrected chi connectivity index (χ1v) is 4.79. The standard InChI is InChI=1S/C18H3B/c1-2-3-4-5-6-7-8-9-10-11-12-13-14-15-16-17-18-19/h1H,19H2. The van der Waals surface area contributed by atoms with Gasteiger partial charge in [0.1, 0.15) is 0 Å². The highest BCUT2D eigenvalue weighted by atomic mass is 13.6. The molecule has 0 aliphatic heterocycles. The molecule has 0 heterocycles. The highest BCUT2D eigenvalue weighted by Gasteiger charge is 1.57. The zero-order chi connectivity index (χ0) is 14.0. The van der Waals surface area contributed by atoms with Crippen LogP contribution in [0.2, 0.25) is 0 Å². The van der Waals surface area contributed by atoms with E-state index in [4.69, 9.17) is 6.42 Å². The third-order valence-corrected chi connectivity index (χ3v) is 1.07.